The van der Waals surface area contributed by atoms with E-state index in [0.717, 1.165) is 5.69 Å². The van der Waals surface area contributed by atoms with Crippen LogP contribution in [0.4, 0.5) is 0 Å². The lowest BCUT2D eigenvalue weighted by atomic mass is 9.92. The number of nitrogens with zero attached hydrogens (tertiary/aromatic N) is 4. The Kier molecular flexibility index (Phi) is 3.42. The Balaban J connectivity index is 2.05. The molecular weight excluding hydrogens is 224 g/mol. The fourth-order valence-electron chi connectivity index (χ4n) is 1.40. The Bertz CT molecular complexity index is 551. The number of imidazole rings is 1. The molecule has 0 amide bonds. The monoisotopic (exact) mass is 240 g/mol. The number of aromatic nitrogens is 4. The van der Waals surface area contributed by atoms with Gasteiger partial charge in [0.1, 0.15) is 5.69 Å². The average Bonchev–Trinajstić information content (AvgIpc) is 2.82. The van der Waals surface area contributed by atoms with E-state index in [-0.39, 0.29) is 5.41 Å². The van der Waals surface area contributed by atoms with Crippen molar-refractivity contribution >= 4 is 0 Å². The van der Waals surface area contributed by atoms with Crippen molar-refractivity contribution in [3.05, 3.63) is 42.2 Å². The van der Waals surface area contributed by atoms with Crippen molar-refractivity contribution in [2.75, 3.05) is 0 Å². The zero-order valence-corrected chi connectivity index (χ0v) is 10.9. The summed E-state index contributed by atoms with van der Waals surface area (Å²) < 4.78 is 1.91. The minimum atomic E-state index is 0.0236. The fourth-order valence-corrected chi connectivity index (χ4v) is 1.40. The number of rotatable bonds is 1. The molecule has 2 aromatic rings. The molecule has 0 saturated heterocycles. The van der Waals surface area contributed by atoms with Gasteiger partial charge in [-0.25, -0.2) is 4.98 Å². The lowest BCUT2D eigenvalue weighted by Gasteiger charge is -2.15. The van der Waals surface area contributed by atoms with E-state index in [2.05, 4.69) is 47.8 Å². The van der Waals surface area contributed by atoms with E-state index in [9.17, 15) is 0 Å². The van der Waals surface area contributed by atoms with Crippen molar-refractivity contribution < 1.29 is 0 Å². The molecule has 2 aromatic heterocycles. The van der Waals surface area contributed by atoms with Gasteiger partial charge in [-0.2, -0.15) is 5.10 Å². The number of hydrogen-bond donors (Lipinski definition) is 0. The Labute approximate surface area is 107 Å². The maximum atomic E-state index is 4.19. The van der Waals surface area contributed by atoms with E-state index in [1.54, 1.807) is 12.5 Å². The van der Waals surface area contributed by atoms with Gasteiger partial charge in [0.25, 0.3) is 0 Å². The summed E-state index contributed by atoms with van der Waals surface area (Å²) in [5, 5.41) is 8.31. The van der Waals surface area contributed by atoms with E-state index in [0.29, 0.717) is 12.2 Å². The molecule has 0 unspecified atom stereocenters. The predicted molar refractivity (Wildman–Crippen MR) is 69.8 cm³/mol. The van der Waals surface area contributed by atoms with Crippen LogP contribution >= 0.6 is 0 Å². The highest BCUT2D eigenvalue weighted by Gasteiger charge is 2.15. The van der Waals surface area contributed by atoms with Crippen molar-refractivity contribution in [1.82, 2.24) is 19.7 Å². The first kappa shape index (κ1) is 12.3. The molecule has 0 radical (unpaired) electrons. The standard InChI is InChI=1S/C14H16N4/c1-14(2,3)13-7-6-12(16-17-13)5-4-9-18-10-8-15-11-18/h6-8,10-11H,9H2,1-3H3. The second-order valence-electron chi connectivity index (χ2n) is 5.09. The molecule has 2 heterocycles. The van der Waals surface area contributed by atoms with Gasteiger partial charge in [0, 0.05) is 17.8 Å². The zero-order valence-electron chi connectivity index (χ0n) is 10.9. The average molecular weight is 240 g/mol. The molecule has 0 aliphatic carbocycles. The highest BCUT2D eigenvalue weighted by atomic mass is 15.1. The second kappa shape index (κ2) is 5.01. The largest absolute Gasteiger partial charge is 0.326 e. The fraction of sp³-hybridized carbons (Fsp3) is 0.357. The molecular formula is C14H16N4. The van der Waals surface area contributed by atoms with Gasteiger partial charge in [-0.15, -0.1) is 5.10 Å². The number of hydrogen-bond acceptors (Lipinski definition) is 3. The maximum absolute atomic E-state index is 4.19. The lowest BCUT2D eigenvalue weighted by molar-refractivity contribution is 0.558. The Morgan fingerprint density at radius 2 is 2.06 bits per heavy atom. The van der Waals surface area contributed by atoms with E-state index in [4.69, 9.17) is 0 Å². The Hall–Kier alpha value is -2.15. The molecule has 0 fully saturated rings. The van der Waals surface area contributed by atoms with Crippen LogP contribution in [0.15, 0.2) is 30.9 Å². The lowest BCUT2D eigenvalue weighted by Crippen LogP contribution is -2.14. The van der Waals surface area contributed by atoms with Crippen LogP contribution < -0.4 is 0 Å². The highest BCUT2D eigenvalue weighted by Crippen LogP contribution is 2.18. The van der Waals surface area contributed by atoms with E-state index in [1.807, 2.05) is 22.9 Å². The van der Waals surface area contributed by atoms with Gasteiger partial charge in [0.2, 0.25) is 0 Å². The molecule has 0 N–H and O–H groups in total. The summed E-state index contributed by atoms with van der Waals surface area (Å²) in [6, 6.07) is 3.89. The summed E-state index contributed by atoms with van der Waals surface area (Å²) in [5.41, 5.74) is 1.70. The third-order valence-corrected chi connectivity index (χ3v) is 2.47. The molecule has 18 heavy (non-hydrogen) atoms. The summed E-state index contributed by atoms with van der Waals surface area (Å²) in [5.74, 6) is 6.02. The van der Waals surface area contributed by atoms with Crippen molar-refractivity contribution in [2.24, 2.45) is 0 Å². The summed E-state index contributed by atoms with van der Waals surface area (Å²) >= 11 is 0. The van der Waals surface area contributed by atoms with Crippen LogP contribution in [0.25, 0.3) is 0 Å². The maximum Gasteiger partial charge on any atom is 0.135 e. The molecule has 0 atom stereocenters. The highest BCUT2D eigenvalue weighted by molar-refractivity contribution is 5.27. The van der Waals surface area contributed by atoms with Gasteiger partial charge in [-0.05, 0) is 18.1 Å². The van der Waals surface area contributed by atoms with Crippen LogP contribution in [0.3, 0.4) is 0 Å². The second-order valence-corrected chi connectivity index (χ2v) is 5.09. The SMILES string of the molecule is CC(C)(C)c1ccc(C#CCn2ccnc2)nn1. The molecule has 0 aliphatic heterocycles. The smallest absolute Gasteiger partial charge is 0.135 e. The molecule has 0 spiro atoms. The third-order valence-electron chi connectivity index (χ3n) is 2.47. The molecule has 2 rings (SSSR count). The van der Waals surface area contributed by atoms with Crippen LogP contribution in [-0.2, 0) is 12.0 Å². The molecule has 0 saturated carbocycles. The molecule has 4 nitrogen and oxygen atoms in total. The van der Waals surface area contributed by atoms with E-state index < -0.39 is 0 Å². The van der Waals surface area contributed by atoms with Crippen molar-refractivity contribution in [3.63, 3.8) is 0 Å². The van der Waals surface area contributed by atoms with E-state index >= 15 is 0 Å². The van der Waals surface area contributed by atoms with Gasteiger partial charge >= 0.3 is 0 Å². The summed E-state index contributed by atoms with van der Waals surface area (Å²) in [6.07, 6.45) is 5.35. The summed E-state index contributed by atoms with van der Waals surface area (Å²) in [7, 11) is 0. The molecule has 92 valence electrons. The normalized spacial score (nSPS) is 10.8. The zero-order chi connectivity index (χ0) is 13.0. The van der Waals surface area contributed by atoms with Crippen molar-refractivity contribution in [1.29, 1.82) is 0 Å². The quantitative estimate of drug-likeness (QED) is 0.716. The first-order valence-electron chi connectivity index (χ1n) is 5.84. The van der Waals surface area contributed by atoms with Gasteiger partial charge in [0.15, 0.2) is 0 Å². The first-order chi connectivity index (χ1) is 8.55. The van der Waals surface area contributed by atoms with Gasteiger partial charge in [0.05, 0.1) is 18.6 Å². The Morgan fingerprint density at radius 1 is 1.22 bits per heavy atom. The van der Waals surface area contributed by atoms with Crippen molar-refractivity contribution in [3.8, 4) is 11.8 Å². The molecule has 0 aliphatic rings. The van der Waals surface area contributed by atoms with Gasteiger partial charge in [-0.1, -0.05) is 26.7 Å². The van der Waals surface area contributed by atoms with E-state index in [1.165, 1.54) is 0 Å². The minimum Gasteiger partial charge on any atom is -0.326 e. The summed E-state index contributed by atoms with van der Waals surface area (Å²) in [6.45, 7) is 6.95. The van der Waals surface area contributed by atoms with Gasteiger partial charge in [-0.3, -0.25) is 0 Å². The third kappa shape index (κ3) is 3.17. The topological polar surface area (TPSA) is 43.6 Å². The predicted octanol–water partition coefficient (Wildman–Crippen LogP) is 2.02. The van der Waals surface area contributed by atoms with Crippen LogP contribution in [0.1, 0.15) is 32.2 Å². The molecule has 0 aromatic carbocycles. The van der Waals surface area contributed by atoms with Crippen LogP contribution in [-0.4, -0.2) is 19.7 Å². The van der Waals surface area contributed by atoms with Crippen LogP contribution in [0.2, 0.25) is 0 Å². The van der Waals surface area contributed by atoms with Crippen molar-refractivity contribution in [2.45, 2.75) is 32.7 Å². The first-order valence-corrected chi connectivity index (χ1v) is 5.84. The van der Waals surface area contributed by atoms with Crippen LogP contribution in [0.5, 0.6) is 0 Å². The minimum absolute atomic E-state index is 0.0236. The molecule has 0 bridgehead atoms. The Morgan fingerprint density at radius 3 is 2.61 bits per heavy atom. The summed E-state index contributed by atoms with van der Waals surface area (Å²) in [4.78, 5) is 3.95. The van der Waals surface area contributed by atoms with Gasteiger partial charge < -0.3 is 4.57 Å². The van der Waals surface area contributed by atoms with Crippen LogP contribution in [0, 0.1) is 11.8 Å². The molecule has 4 heteroatoms.